The van der Waals surface area contributed by atoms with E-state index in [1.165, 1.54) is 6.92 Å². The Kier molecular flexibility index (Phi) is 5.35. The first-order chi connectivity index (χ1) is 13.0. The average molecular weight is 363 g/mol. The minimum absolute atomic E-state index is 0.0720. The maximum Gasteiger partial charge on any atom is 0.251 e. The number of nitrogens with zero attached hydrogens (tertiary/aromatic N) is 2. The summed E-state index contributed by atoms with van der Waals surface area (Å²) < 4.78 is 6.97. The summed E-state index contributed by atoms with van der Waals surface area (Å²) in [7, 11) is 1.62. The summed E-state index contributed by atoms with van der Waals surface area (Å²) in [5.74, 6) is 0.438. The van der Waals surface area contributed by atoms with Crippen LogP contribution in [0, 0.1) is 0 Å². The Bertz CT molecular complexity index is 978. The van der Waals surface area contributed by atoms with Gasteiger partial charge >= 0.3 is 0 Å². The van der Waals surface area contributed by atoms with E-state index in [1.54, 1.807) is 42.3 Å². The second kappa shape index (κ2) is 7.86. The zero-order valence-corrected chi connectivity index (χ0v) is 15.5. The van der Waals surface area contributed by atoms with Gasteiger partial charge in [-0.25, -0.2) is 4.68 Å². The predicted molar refractivity (Wildman–Crippen MR) is 102 cm³/mol. The SMILES string of the molecule is COc1cccc(-n2cc([C@H](C)NC(=O)c3cccc(C(C)=O)c3)cn2)c1. The zero-order chi connectivity index (χ0) is 19.4. The smallest absolute Gasteiger partial charge is 0.251 e. The van der Waals surface area contributed by atoms with E-state index in [-0.39, 0.29) is 17.7 Å². The highest BCUT2D eigenvalue weighted by Crippen LogP contribution is 2.19. The summed E-state index contributed by atoms with van der Waals surface area (Å²) >= 11 is 0. The van der Waals surface area contributed by atoms with Crippen molar-refractivity contribution in [3.63, 3.8) is 0 Å². The largest absolute Gasteiger partial charge is 0.497 e. The van der Waals surface area contributed by atoms with Crippen molar-refractivity contribution in [3.05, 3.63) is 77.6 Å². The highest BCUT2D eigenvalue weighted by Gasteiger charge is 2.14. The van der Waals surface area contributed by atoms with E-state index >= 15 is 0 Å². The van der Waals surface area contributed by atoms with Crippen LogP contribution in [0.4, 0.5) is 0 Å². The summed E-state index contributed by atoms with van der Waals surface area (Å²) in [5, 5.41) is 7.30. The van der Waals surface area contributed by atoms with E-state index < -0.39 is 0 Å². The van der Waals surface area contributed by atoms with Crippen molar-refractivity contribution in [1.82, 2.24) is 15.1 Å². The van der Waals surface area contributed by atoms with Gasteiger partial charge in [0.15, 0.2) is 5.78 Å². The van der Waals surface area contributed by atoms with Crippen molar-refractivity contribution in [2.75, 3.05) is 7.11 Å². The number of amides is 1. The second-order valence-corrected chi connectivity index (χ2v) is 6.25. The van der Waals surface area contributed by atoms with Crippen LogP contribution in [0.1, 0.15) is 46.2 Å². The van der Waals surface area contributed by atoms with Crippen molar-refractivity contribution in [2.24, 2.45) is 0 Å². The van der Waals surface area contributed by atoms with Crippen LogP contribution in [-0.4, -0.2) is 28.6 Å². The fourth-order valence-electron chi connectivity index (χ4n) is 2.70. The van der Waals surface area contributed by atoms with E-state index in [9.17, 15) is 9.59 Å². The van der Waals surface area contributed by atoms with Gasteiger partial charge in [0.25, 0.3) is 5.91 Å². The quantitative estimate of drug-likeness (QED) is 0.680. The van der Waals surface area contributed by atoms with Crippen molar-refractivity contribution in [2.45, 2.75) is 19.9 Å². The number of hydrogen-bond donors (Lipinski definition) is 1. The number of rotatable bonds is 6. The number of ether oxygens (including phenoxy) is 1. The monoisotopic (exact) mass is 363 g/mol. The highest BCUT2D eigenvalue weighted by molar-refractivity contribution is 5.99. The molecule has 0 radical (unpaired) electrons. The molecule has 0 fully saturated rings. The first-order valence-corrected chi connectivity index (χ1v) is 8.59. The maximum absolute atomic E-state index is 12.5. The number of carbonyl (C=O) groups excluding carboxylic acids is 2. The van der Waals surface area contributed by atoms with Crippen LogP contribution >= 0.6 is 0 Å². The van der Waals surface area contributed by atoms with Gasteiger partial charge in [-0.15, -0.1) is 0 Å². The Morgan fingerprint density at radius 3 is 2.59 bits per heavy atom. The molecule has 0 spiro atoms. The van der Waals surface area contributed by atoms with Crippen LogP contribution in [0.15, 0.2) is 60.9 Å². The minimum atomic E-state index is -0.238. The zero-order valence-electron chi connectivity index (χ0n) is 15.5. The fourth-order valence-corrected chi connectivity index (χ4v) is 2.70. The molecule has 0 bridgehead atoms. The van der Waals surface area contributed by atoms with Gasteiger partial charge in [0.05, 0.1) is 25.0 Å². The molecule has 27 heavy (non-hydrogen) atoms. The van der Waals surface area contributed by atoms with E-state index in [0.717, 1.165) is 17.0 Å². The van der Waals surface area contributed by atoms with Crippen LogP contribution in [0.3, 0.4) is 0 Å². The summed E-state index contributed by atoms with van der Waals surface area (Å²) in [6.45, 7) is 3.37. The molecule has 1 N–H and O–H groups in total. The number of hydrogen-bond acceptors (Lipinski definition) is 4. The lowest BCUT2D eigenvalue weighted by molar-refractivity contribution is 0.0940. The first kappa shape index (κ1) is 18.4. The van der Waals surface area contributed by atoms with E-state index in [4.69, 9.17) is 4.74 Å². The number of benzene rings is 2. The summed E-state index contributed by atoms with van der Waals surface area (Å²) in [5.41, 5.74) is 2.71. The molecular weight excluding hydrogens is 342 g/mol. The minimum Gasteiger partial charge on any atom is -0.497 e. The van der Waals surface area contributed by atoms with E-state index in [2.05, 4.69) is 10.4 Å². The Balaban J connectivity index is 1.74. The summed E-state index contributed by atoms with van der Waals surface area (Å²) in [4.78, 5) is 24.0. The molecule has 0 aliphatic heterocycles. The number of ketones is 1. The molecule has 1 atom stereocenters. The van der Waals surface area contributed by atoms with Crippen LogP contribution < -0.4 is 10.1 Å². The third-order valence-corrected chi connectivity index (χ3v) is 4.30. The Hall–Kier alpha value is -3.41. The van der Waals surface area contributed by atoms with Crippen molar-refractivity contribution in [1.29, 1.82) is 0 Å². The van der Waals surface area contributed by atoms with Gasteiger partial charge in [0, 0.05) is 29.0 Å². The molecule has 0 saturated carbocycles. The van der Waals surface area contributed by atoms with Crippen LogP contribution in [0.25, 0.3) is 5.69 Å². The maximum atomic E-state index is 12.5. The summed E-state index contributed by atoms with van der Waals surface area (Å²) in [6, 6.07) is 14.0. The van der Waals surface area contributed by atoms with Gasteiger partial charge in [0.1, 0.15) is 5.75 Å². The fraction of sp³-hybridized carbons (Fsp3) is 0.190. The Morgan fingerprint density at radius 1 is 1.11 bits per heavy atom. The molecule has 0 saturated heterocycles. The van der Waals surface area contributed by atoms with Gasteiger partial charge in [0.2, 0.25) is 0 Å². The molecule has 1 heterocycles. The van der Waals surface area contributed by atoms with Gasteiger partial charge in [-0.05, 0) is 38.1 Å². The lowest BCUT2D eigenvalue weighted by Gasteiger charge is -2.12. The molecule has 1 aromatic heterocycles. The predicted octanol–water partition coefficient (Wildman–Crippen LogP) is 3.57. The van der Waals surface area contributed by atoms with Crippen LogP contribution in [0.2, 0.25) is 0 Å². The molecule has 6 nitrogen and oxygen atoms in total. The van der Waals surface area contributed by atoms with Crippen molar-refractivity contribution < 1.29 is 14.3 Å². The molecule has 0 unspecified atom stereocenters. The highest BCUT2D eigenvalue weighted by atomic mass is 16.5. The number of aromatic nitrogens is 2. The van der Waals surface area contributed by atoms with Crippen molar-refractivity contribution >= 4 is 11.7 Å². The van der Waals surface area contributed by atoms with Gasteiger partial charge in [-0.2, -0.15) is 5.10 Å². The van der Waals surface area contributed by atoms with Crippen LogP contribution in [0.5, 0.6) is 5.75 Å². The molecule has 138 valence electrons. The molecule has 0 aliphatic rings. The van der Waals surface area contributed by atoms with Crippen LogP contribution in [-0.2, 0) is 0 Å². The number of methoxy groups -OCH3 is 1. The second-order valence-electron chi connectivity index (χ2n) is 6.25. The number of nitrogens with one attached hydrogen (secondary N) is 1. The summed E-state index contributed by atoms with van der Waals surface area (Å²) in [6.07, 6.45) is 3.59. The first-order valence-electron chi connectivity index (χ1n) is 8.59. The lowest BCUT2D eigenvalue weighted by Crippen LogP contribution is -2.26. The molecule has 6 heteroatoms. The van der Waals surface area contributed by atoms with E-state index in [1.807, 2.05) is 37.4 Å². The molecule has 0 aliphatic carbocycles. The topological polar surface area (TPSA) is 73.2 Å². The molecule has 3 aromatic rings. The normalized spacial score (nSPS) is 11.7. The molecular formula is C21H21N3O3. The molecule has 1 amide bonds. The lowest BCUT2D eigenvalue weighted by atomic mass is 10.1. The van der Waals surface area contributed by atoms with Gasteiger partial charge in [-0.3, -0.25) is 9.59 Å². The number of carbonyl (C=O) groups is 2. The molecule has 2 aromatic carbocycles. The molecule has 3 rings (SSSR count). The number of Topliss-reactive ketones (excluding diaryl/α,β-unsaturated/α-hetero) is 1. The third kappa shape index (κ3) is 4.23. The Labute approximate surface area is 157 Å². The Morgan fingerprint density at radius 2 is 1.85 bits per heavy atom. The van der Waals surface area contributed by atoms with E-state index in [0.29, 0.717) is 11.1 Å². The van der Waals surface area contributed by atoms with Gasteiger partial charge < -0.3 is 10.1 Å². The van der Waals surface area contributed by atoms with Gasteiger partial charge in [-0.1, -0.05) is 18.2 Å². The average Bonchev–Trinajstić information content (AvgIpc) is 3.18. The standard InChI is InChI=1S/C21H21N3O3/c1-14(23-21(26)17-7-4-6-16(10-17)15(2)25)18-12-22-24(13-18)19-8-5-9-20(11-19)27-3/h4-14H,1-3H3,(H,23,26)/t14-/m0/s1. The van der Waals surface area contributed by atoms with Crippen molar-refractivity contribution in [3.8, 4) is 11.4 Å². The third-order valence-electron chi connectivity index (χ3n) is 4.30.